The molecule has 0 amide bonds. The Balaban J connectivity index is 2.29. The van der Waals surface area contributed by atoms with Gasteiger partial charge in [-0.15, -0.1) is 0 Å². The van der Waals surface area contributed by atoms with Gasteiger partial charge in [0.2, 0.25) is 0 Å². The van der Waals surface area contributed by atoms with Crippen molar-refractivity contribution >= 4 is 5.97 Å². The first kappa shape index (κ1) is 12.5. The van der Waals surface area contributed by atoms with Gasteiger partial charge in [0.05, 0.1) is 19.8 Å². The van der Waals surface area contributed by atoms with Gasteiger partial charge in [-0.25, -0.2) is 0 Å². The van der Waals surface area contributed by atoms with Crippen molar-refractivity contribution in [1.29, 1.82) is 0 Å². The first-order chi connectivity index (χ1) is 7.13. The maximum absolute atomic E-state index is 11.4. The van der Waals surface area contributed by atoms with Gasteiger partial charge in [0, 0.05) is 6.04 Å². The highest BCUT2D eigenvalue weighted by atomic mass is 16.5. The zero-order valence-electron chi connectivity index (χ0n) is 9.79. The van der Waals surface area contributed by atoms with Crippen molar-refractivity contribution in [3.63, 3.8) is 0 Å². The second-order valence-electron chi connectivity index (χ2n) is 4.28. The molecule has 1 atom stereocenters. The van der Waals surface area contributed by atoms with E-state index in [1.165, 1.54) is 13.5 Å². The second-order valence-corrected chi connectivity index (χ2v) is 4.28. The Bertz CT molecular complexity index is 202. The number of carbonyl (C=O) groups excluding carboxylic acids is 1. The standard InChI is InChI=1S/C11H21NO3/c1-8(2)12-10(11(13)14-3)7-15-9-5-4-6-9/h8-10,12H,4-7H2,1-3H3. The number of ether oxygens (including phenoxy) is 2. The molecule has 88 valence electrons. The number of methoxy groups -OCH3 is 1. The Morgan fingerprint density at radius 2 is 2.13 bits per heavy atom. The molecule has 1 unspecified atom stereocenters. The van der Waals surface area contributed by atoms with Crippen LogP contribution in [0.5, 0.6) is 0 Å². The van der Waals surface area contributed by atoms with E-state index in [9.17, 15) is 4.79 Å². The Labute approximate surface area is 91.3 Å². The molecular weight excluding hydrogens is 194 g/mol. The second kappa shape index (κ2) is 6.08. The molecule has 1 aliphatic carbocycles. The highest BCUT2D eigenvalue weighted by Gasteiger charge is 2.24. The summed E-state index contributed by atoms with van der Waals surface area (Å²) < 4.78 is 10.3. The molecular formula is C11H21NO3. The Morgan fingerprint density at radius 1 is 1.47 bits per heavy atom. The first-order valence-electron chi connectivity index (χ1n) is 5.59. The highest BCUT2D eigenvalue weighted by molar-refractivity contribution is 5.75. The molecule has 4 nitrogen and oxygen atoms in total. The van der Waals surface area contributed by atoms with Crippen LogP contribution in [0.25, 0.3) is 0 Å². The van der Waals surface area contributed by atoms with Crippen LogP contribution in [0.3, 0.4) is 0 Å². The van der Waals surface area contributed by atoms with Crippen molar-refractivity contribution in [2.45, 2.75) is 51.3 Å². The molecule has 1 N–H and O–H groups in total. The van der Waals surface area contributed by atoms with Crippen LogP contribution in [-0.2, 0) is 14.3 Å². The summed E-state index contributed by atoms with van der Waals surface area (Å²) in [5, 5.41) is 3.13. The molecule has 1 fully saturated rings. The minimum absolute atomic E-state index is 0.247. The third-order valence-electron chi connectivity index (χ3n) is 2.57. The highest BCUT2D eigenvalue weighted by Crippen LogP contribution is 2.21. The van der Waals surface area contributed by atoms with Crippen LogP contribution in [0.1, 0.15) is 33.1 Å². The van der Waals surface area contributed by atoms with E-state index in [4.69, 9.17) is 9.47 Å². The van der Waals surface area contributed by atoms with E-state index in [2.05, 4.69) is 5.32 Å². The third kappa shape index (κ3) is 4.18. The van der Waals surface area contributed by atoms with E-state index >= 15 is 0 Å². The molecule has 0 aromatic heterocycles. The molecule has 0 bridgehead atoms. The number of hydrogen-bond acceptors (Lipinski definition) is 4. The van der Waals surface area contributed by atoms with Crippen molar-refractivity contribution < 1.29 is 14.3 Å². The number of nitrogens with one attached hydrogen (secondary N) is 1. The van der Waals surface area contributed by atoms with E-state index in [0.29, 0.717) is 12.7 Å². The Kier molecular flexibility index (Phi) is 5.05. The number of rotatable bonds is 6. The van der Waals surface area contributed by atoms with Crippen LogP contribution in [0.4, 0.5) is 0 Å². The summed E-state index contributed by atoms with van der Waals surface area (Å²) in [6.45, 7) is 4.41. The maximum atomic E-state index is 11.4. The van der Waals surface area contributed by atoms with Gasteiger partial charge in [0.1, 0.15) is 6.04 Å². The van der Waals surface area contributed by atoms with E-state index in [-0.39, 0.29) is 18.1 Å². The summed E-state index contributed by atoms with van der Waals surface area (Å²) in [4.78, 5) is 11.4. The molecule has 0 heterocycles. The van der Waals surface area contributed by atoms with Crippen molar-refractivity contribution in [2.24, 2.45) is 0 Å². The van der Waals surface area contributed by atoms with Gasteiger partial charge in [0.25, 0.3) is 0 Å². The molecule has 0 aromatic rings. The molecule has 1 saturated carbocycles. The molecule has 1 aliphatic rings. The first-order valence-corrected chi connectivity index (χ1v) is 5.59. The molecule has 4 heteroatoms. The maximum Gasteiger partial charge on any atom is 0.325 e. The number of esters is 1. The van der Waals surface area contributed by atoms with Gasteiger partial charge in [0.15, 0.2) is 0 Å². The quantitative estimate of drug-likeness (QED) is 0.674. The average Bonchev–Trinajstić information content (AvgIpc) is 2.12. The van der Waals surface area contributed by atoms with E-state index in [1.54, 1.807) is 0 Å². The SMILES string of the molecule is COC(=O)C(COC1CCC1)NC(C)C. The van der Waals surface area contributed by atoms with Gasteiger partial charge in [-0.05, 0) is 19.3 Å². The summed E-state index contributed by atoms with van der Waals surface area (Å²) in [6.07, 6.45) is 3.84. The van der Waals surface area contributed by atoms with E-state index < -0.39 is 0 Å². The minimum atomic E-state index is -0.337. The fraction of sp³-hybridized carbons (Fsp3) is 0.909. The molecule has 0 radical (unpaired) electrons. The molecule has 0 aromatic carbocycles. The predicted molar refractivity (Wildman–Crippen MR) is 57.7 cm³/mol. The summed E-state index contributed by atoms with van der Waals surface area (Å²) in [6, 6.07) is -0.0882. The molecule has 1 rings (SSSR count). The predicted octanol–water partition coefficient (Wildman–Crippen LogP) is 1.10. The fourth-order valence-electron chi connectivity index (χ4n) is 1.50. The largest absolute Gasteiger partial charge is 0.468 e. The summed E-state index contributed by atoms with van der Waals surface area (Å²) in [7, 11) is 1.40. The zero-order valence-corrected chi connectivity index (χ0v) is 9.79. The molecule has 0 aliphatic heterocycles. The van der Waals surface area contributed by atoms with Crippen LogP contribution >= 0.6 is 0 Å². The summed E-state index contributed by atoms with van der Waals surface area (Å²) in [5.41, 5.74) is 0. The van der Waals surface area contributed by atoms with Gasteiger partial charge < -0.3 is 14.8 Å². The number of hydrogen-bond donors (Lipinski definition) is 1. The lowest BCUT2D eigenvalue weighted by Crippen LogP contribution is -2.45. The monoisotopic (exact) mass is 215 g/mol. The van der Waals surface area contributed by atoms with Crippen LogP contribution in [0, 0.1) is 0 Å². The van der Waals surface area contributed by atoms with Crippen molar-refractivity contribution in [1.82, 2.24) is 5.32 Å². The topological polar surface area (TPSA) is 47.6 Å². The van der Waals surface area contributed by atoms with Crippen molar-refractivity contribution in [2.75, 3.05) is 13.7 Å². The molecule has 15 heavy (non-hydrogen) atoms. The zero-order chi connectivity index (χ0) is 11.3. The average molecular weight is 215 g/mol. The Hall–Kier alpha value is -0.610. The Morgan fingerprint density at radius 3 is 2.53 bits per heavy atom. The van der Waals surface area contributed by atoms with E-state index in [0.717, 1.165) is 12.8 Å². The van der Waals surface area contributed by atoms with Crippen molar-refractivity contribution in [3.8, 4) is 0 Å². The molecule has 0 spiro atoms. The van der Waals surface area contributed by atoms with Crippen LogP contribution in [0.15, 0.2) is 0 Å². The fourth-order valence-corrected chi connectivity index (χ4v) is 1.50. The summed E-state index contributed by atoms with van der Waals surface area (Å²) >= 11 is 0. The minimum Gasteiger partial charge on any atom is -0.468 e. The van der Waals surface area contributed by atoms with Gasteiger partial charge >= 0.3 is 5.97 Å². The lowest BCUT2D eigenvalue weighted by molar-refractivity contribution is -0.146. The van der Waals surface area contributed by atoms with Crippen molar-refractivity contribution in [3.05, 3.63) is 0 Å². The lowest BCUT2D eigenvalue weighted by atomic mass is 9.96. The van der Waals surface area contributed by atoms with Crippen LogP contribution < -0.4 is 5.32 Å². The number of carbonyl (C=O) groups is 1. The smallest absolute Gasteiger partial charge is 0.325 e. The third-order valence-corrected chi connectivity index (χ3v) is 2.57. The van der Waals surface area contributed by atoms with Gasteiger partial charge in [-0.3, -0.25) is 4.79 Å². The van der Waals surface area contributed by atoms with Crippen LogP contribution in [-0.4, -0.2) is 37.9 Å². The van der Waals surface area contributed by atoms with Gasteiger partial charge in [-0.1, -0.05) is 13.8 Å². The summed E-state index contributed by atoms with van der Waals surface area (Å²) in [5.74, 6) is -0.247. The molecule has 0 saturated heterocycles. The van der Waals surface area contributed by atoms with E-state index in [1.807, 2.05) is 13.8 Å². The van der Waals surface area contributed by atoms with Gasteiger partial charge in [-0.2, -0.15) is 0 Å². The normalized spacial score (nSPS) is 18.7. The lowest BCUT2D eigenvalue weighted by Gasteiger charge is -2.28. The van der Waals surface area contributed by atoms with Crippen LogP contribution in [0.2, 0.25) is 0 Å².